The number of carbonyl (C=O) groups excluding carboxylic acids is 1. The third-order valence-electron chi connectivity index (χ3n) is 3.49. The molecule has 22 heavy (non-hydrogen) atoms. The van der Waals surface area contributed by atoms with Gasteiger partial charge in [0.05, 0.1) is 18.0 Å². The van der Waals surface area contributed by atoms with Crippen LogP contribution in [0.25, 0.3) is 11.4 Å². The van der Waals surface area contributed by atoms with Crippen LogP contribution in [0.1, 0.15) is 18.5 Å². The SMILES string of the molecule is Cc1nc(-c2nnn(C)c2NC(=O)OCC2CC2)ccc1O. The number of anilines is 1. The van der Waals surface area contributed by atoms with Crippen molar-refractivity contribution in [2.75, 3.05) is 11.9 Å². The van der Waals surface area contributed by atoms with Crippen LogP contribution in [0.2, 0.25) is 0 Å². The number of aromatic nitrogens is 4. The average molecular weight is 303 g/mol. The van der Waals surface area contributed by atoms with Crippen molar-refractivity contribution in [2.45, 2.75) is 19.8 Å². The topological polar surface area (TPSA) is 102 Å². The zero-order valence-corrected chi connectivity index (χ0v) is 12.4. The molecule has 0 aromatic carbocycles. The monoisotopic (exact) mass is 303 g/mol. The predicted molar refractivity (Wildman–Crippen MR) is 78.3 cm³/mol. The largest absolute Gasteiger partial charge is 0.506 e. The molecule has 0 spiro atoms. The van der Waals surface area contributed by atoms with Crippen LogP contribution in [0.5, 0.6) is 5.75 Å². The number of rotatable bonds is 4. The lowest BCUT2D eigenvalue weighted by molar-refractivity contribution is 0.156. The van der Waals surface area contributed by atoms with Gasteiger partial charge in [-0.2, -0.15) is 0 Å². The van der Waals surface area contributed by atoms with E-state index in [0.29, 0.717) is 35.4 Å². The van der Waals surface area contributed by atoms with E-state index in [0.717, 1.165) is 12.8 Å². The van der Waals surface area contributed by atoms with Crippen molar-refractivity contribution in [1.82, 2.24) is 20.0 Å². The number of hydrogen-bond donors (Lipinski definition) is 2. The highest BCUT2D eigenvalue weighted by molar-refractivity contribution is 5.88. The minimum atomic E-state index is -0.533. The summed E-state index contributed by atoms with van der Waals surface area (Å²) >= 11 is 0. The third kappa shape index (κ3) is 3.00. The molecule has 1 aliphatic carbocycles. The van der Waals surface area contributed by atoms with Crippen molar-refractivity contribution in [3.8, 4) is 17.1 Å². The quantitative estimate of drug-likeness (QED) is 0.893. The van der Waals surface area contributed by atoms with Gasteiger partial charge in [0.25, 0.3) is 0 Å². The summed E-state index contributed by atoms with van der Waals surface area (Å²) in [5, 5.41) is 20.1. The Bertz CT molecular complexity index is 708. The molecule has 2 aromatic heterocycles. The van der Waals surface area contributed by atoms with Crippen molar-refractivity contribution in [1.29, 1.82) is 0 Å². The molecule has 1 aliphatic rings. The smallest absolute Gasteiger partial charge is 0.412 e. The highest BCUT2D eigenvalue weighted by atomic mass is 16.5. The molecule has 0 bridgehead atoms. The van der Waals surface area contributed by atoms with Gasteiger partial charge in [-0.05, 0) is 37.8 Å². The molecule has 0 atom stereocenters. The molecule has 1 saturated carbocycles. The Balaban J connectivity index is 1.80. The van der Waals surface area contributed by atoms with E-state index in [1.165, 1.54) is 10.7 Å². The van der Waals surface area contributed by atoms with Gasteiger partial charge < -0.3 is 9.84 Å². The molecule has 1 amide bonds. The summed E-state index contributed by atoms with van der Waals surface area (Å²) < 4.78 is 6.59. The van der Waals surface area contributed by atoms with Gasteiger partial charge in [0, 0.05) is 7.05 Å². The van der Waals surface area contributed by atoms with E-state index in [9.17, 15) is 9.90 Å². The molecule has 2 aromatic rings. The van der Waals surface area contributed by atoms with Crippen molar-refractivity contribution in [3.63, 3.8) is 0 Å². The first-order valence-electron chi connectivity index (χ1n) is 7.05. The lowest BCUT2D eigenvalue weighted by atomic mass is 10.2. The molecule has 0 aliphatic heterocycles. The van der Waals surface area contributed by atoms with Crippen molar-refractivity contribution < 1.29 is 14.6 Å². The van der Waals surface area contributed by atoms with E-state index in [-0.39, 0.29) is 5.75 Å². The fourth-order valence-corrected chi connectivity index (χ4v) is 1.97. The van der Waals surface area contributed by atoms with Gasteiger partial charge in [0.1, 0.15) is 5.75 Å². The normalized spacial score (nSPS) is 13.9. The molecule has 2 heterocycles. The second-order valence-corrected chi connectivity index (χ2v) is 5.38. The highest BCUT2D eigenvalue weighted by Gasteiger charge is 2.24. The number of nitrogens with one attached hydrogen (secondary N) is 1. The van der Waals surface area contributed by atoms with Gasteiger partial charge in [0.2, 0.25) is 0 Å². The van der Waals surface area contributed by atoms with E-state index < -0.39 is 6.09 Å². The Morgan fingerprint density at radius 3 is 2.95 bits per heavy atom. The number of pyridine rings is 1. The highest BCUT2D eigenvalue weighted by Crippen LogP contribution is 2.29. The Labute approximate surface area is 127 Å². The summed E-state index contributed by atoms with van der Waals surface area (Å²) in [5.74, 6) is 1.00. The van der Waals surface area contributed by atoms with Gasteiger partial charge in [-0.25, -0.2) is 14.5 Å². The van der Waals surface area contributed by atoms with Crippen LogP contribution in [0.15, 0.2) is 12.1 Å². The predicted octanol–water partition coefficient (Wildman–Crippen LogP) is 1.85. The molecule has 8 heteroatoms. The zero-order valence-electron chi connectivity index (χ0n) is 12.4. The summed E-state index contributed by atoms with van der Waals surface area (Å²) in [6, 6.07) is 3.15. The molecule has 2 N–H and O–H groups in total. The second kappa shape index (κ2) is 5.63. The second-order valence-electron chi connectivity index (χ2n) is 5.38. The van der Waals surface area contributed by atoms with Crippen molar-refractivity contribution in [3.05, 3.63) is 17.8 Å². The lowest BCUT2D eigenvalue weighted by Gasteiger charge is -2.08. The summed E-state index contributed by atoms with van der Waals surface area (Å²) in [7, 11) is 1.67. The first-order chi connectivity index (χ1) is 10.5. The summed E-state index contributed by atoms with van der Waals surface area (Å²) in [6.07, 6.45) is 1.69. The van der Waals surface area contributed by atoms with E-state index in [1.54, 1.807) is 20.0 Å². The molecule has 116 valence electrons. The Morgan fingerprint density at radius 1 is 1.50 bits per heavy atom. The molecule has 3 rings (SSSR count). The minimum Gasteiger partial charge on any atom is -0.506 e. The molecule has 0 unspecified atom stereocenters. The molecule has 1 fully saturated rings. The minimum absolute atomic E-state index is 0.103. The standard InChI is InChI=1S/C14H17N5O3/c1-8-11(20)6-5-10(15-8)12-13(19(2)18-17-12)16-14(21)22-7-9-3-4-9/h5-6,9,20H,3-4,7H2,1-2H3,(H,16,21). The maximum atomic E-state index is 11.8. The summed E-state index contributed by atoms with van der Waals surface area (Å²) in [5.41, 5.74) is 1.42. The van der Waals surface area contributed by atoms with E-state index in [2.05, 4.69) is 20.6 Å². The number of ether oxygens (including phenoxy) is 1. The van der Waals surface area contributed by atoms with Crippen molar-refractivity contribution in [2.24, 2.45) is 13.0 Å². The van der Waals surface area contributed by atoms with Gasteiger partial charge in [-0.1, -0.05) is 5.21 Å². The molecular weight excluding hydrogens is 286 g/mol. The number of amides is 1. The first-order valence-corrected chi connectivity index (χ1v) is 7.05. The molecular formula is C14H17N5O3. The van der Waals surface area contributed by atoms with Crippen LogP contribution in [-0.4, -0.2) is 37.8 Å². The Morgan fingerprint density at radius 2 is 2.27 bits per heavy atom. The fourth-order valence-electron chi connectivity index (χ4n) is 1.97. The molecule has 0 radical (unpaired) electrons. The van der Waals surface area contributed by atoms with Crippen LogP contribution in [0, 0.1) is 12.8 Å². The lowest BCUT2D eigenvalue weighted by Crippen LogP contribution is -2.17. The van der Waals surface area contributed by atoms with Crippen LogP contribution in [0.3, 0.4) is 0 Å². The van der Waals surface area contributed by atoms with Crippen LogP contribution < -0.4 is 5.32 Å². The molecule has 8 nitrogen and oxygen atoms in total. The summed E-state index contributed by atoms with van der Waals surface area (Å²) in [6.45, 7) is 2.12. The fraction of sp³-hybridized carbons (Fsp3) is 0.429. The molecule has 0 saturated heterocycles. The maximum absolute atomic E-state index is 11.8. The van der Waals surface area contributed by atoms with Gasteiger partial charge in [-0.15, -0.1) is 5.10 Å². The van der Waals surface area contributed by atoms with Gasteiger partial charge in [-0.3, -0.25) is 5.32 Å². The maximum Gasteiger partial charge on any atom is 0.412 e. The number of carbonyl (C=O) groups is 1. The Hall–Kier alpha value is -2.64. The number of aryl methyl sites for hydroxylation is 2. The number of hydrogen-bond acceptors (Lipinski definition) is 6. The van der Waals surface area contributed by atoms with E-state index >= 15 is 0 Å². The van der Waals surface area contributed by atoms with Crippen LogP contribution in [-0.2, 0) is 11.8 Å². The number of nitrogens with zero attached hydrogens (tertiary/aromatic N) is 4. The van der Waals surface area contributed by atoms with Gasteiger partial charge >= 0.3 is 6.09 Å². The third-order valence-corrected chi connectivity index (χ3v) is 3.49. The van der Waals surface area contributed by atoms with E-state index in [1.807, 2.05) is 0 Å². The zero-order chi connectivity index (χ0) is 15.7. The van der Waals surface area contributed by atoms with Gasteiger partial charge in [0.15, 0.2) is 11.5 Å². The Kier molecular flexibility index (Phi) is 3.66. The first kappa shape index (κ1) is 14.3. The summed E-state index contributed by atoms with van der Waals surface area (Å²) in [4.78, 5) is 16.1. The van der Waals surface area contributed by atoms with Crippen LogP contribution >= 0.6 is 0 Å². The van der Waals surface area contributed by atoms with Crippen LogP contribution in [0.4, 0.5) is 10.6 Å². The number of aromatic hydroxyl groups is 1. The van der Waals surface area contributed by atoms with E-state index in [4.69, 9.17) is 4.74 Å². The average Bonchev–Trinajstić information content (AvgIpc) is 3.25. The van der Waals surface area contributed by atoms with Crippen molar-refractivity contribution >= 4 is 11.9 Å².